The molecule has 0 bridgehead atoms. The highest BCUT2D eigenvalue weighted by Crippen LogP contribution is 2.16. The van der Waals surface area contributed by atoms with Gasteiger partial charge in [-0.25, -0.2) is 9.48 Å². The van der Waals surface area contributed by atoms with Gasteiger partial charge in [0.2, 0.25) is 0 Å². The summed E-state index contributed by atoms with van der Waals surface area (Å²) >= 11 is 0. The highest BCUT2D eigenvalue weighted by atomic mass is 16.5. The second-order valence-corrected chi connectivity index (χ2v) is 6.10. The van der Waals surface area contributed by atoms with E-state index in [9.17, 15) is 14.4 Å². The van der Waals surface area contributed by atoms with Gasteiger partial charge in [0.1, 0.15) is 0 Å². The summed E-state index contributed by atoms with van der Waals surface area (Å²) in [7, 11) is 0. The molecule has 1 aliphatic heterocycles. The third-order valence-electron chi connectivity index (χ3n) is 4.41. The molecule has 1 saturated heterocycles. The Kier molecular flexibility index (Phi) is 4.83. The van der Waals surface area contributed by atoms with Gasteiger partial charge in [0.05, 0.1) is 5.39 Å². The van der Waals surface area contributed by atoms with Crippen LogP contribution in [0.4, 0.5) is 0 Å². The van der Waals surface area contributed by atoms with E-state index in [1.165, 1.54) is 4.68 Å². The van der Waals surface area contributed by atoms with Gasteiger partial charge in [0.15, 0.2) is 11.8 Å². The maximum absolute atomic E-state index is 12.6. The summed E-state index contributed by atoms with van der Waals surface area (Å²) in [4.78, 5) is 39.0. The first-order chi connectivity index (χ1) is 12.0. The van der Waals surface area contributed by atoms with Gasteiger partial charge in [0, 0.05) is 25.0 Å². The molecular formula is C18H21N3O4. The van der Waals surface area contributed by atoms with Crippen molar-refractivity contribution in [3.05, 3.63) is 40.3 Å². The van der Waals surface area contributed by atoms with E-state index in [2.05, 4.69) is 5.10 Å². The Morgan fingerprint density at radius 1 is 1.20 bits per heavy atom. The van der Waals surface area contributed by atoms with Gasteiger partial charge in [0.25, 0.3) is 11.5 Å². The van der Waals surface area contributed by atoms with Crippen LogP contribution in [0.3, 0.4) is 0 Å². The fourth-order valence-electron chi connectivity index (χ4n) is 3.06. The fourth-order valence-corrected chi connectivity index (χ4v) is 3.06. The van der Waals surface area contributed by atoms with Gasteiger partial charge in [-0.2, -0.15) is 5.10 Å². The van der Waals surface area contributed by atoms with Crippen molar-refractivity contribution in [2.45, 2.75) is 39.3 Å². The molecule has 25 heavy (non-hydrogen) atoms. The molecule has 1 aromatic carbocycles. The van der Waals surface area contributed by atoms with Crippen molar-refractivity contribution in [1.82, 2.24) is 14.7 Å². The van der Waals surface area contributed by atoms with E-state index in [4.69, 9.17) is 4.74 Å². The van der Waals surface area contributed by atoms with E-state index in [1.54, 1.807) is 43.0 Å². The van der Waals surface area contributed by atoms with Gasteiger partial charge < -0.3 is 9.64 Å². The second-order valence-electron chi connectivity index (χ2n) is 6.10. The number of aryl methyl sites for hydroxylation is 1. The average molecular weight is 343 g/mol. The van der Waals surface area contributed by atoms with Crippen LogP contribution >= 0.6 is 0 Å². The summed E-state index contributed by atoms with van der Waals surface area (Å²) in [6, 6.07) is 6.78. The molecule has 7 nitrogen and oxygen atoms in total. The lowest BCUT2D eigenvalue weighted by Crippen LogP contribution is -2.38. The largest absolute Gasteiger partial charge is 0.448 e. The van der Waals surface area contributed by atoms with Gasteiger partial charge in [-0.15, -0.1) is 0 Å². The first kappa shape index (κ1) is 17.1. The van der Waals surface area contributed by atoms with E-state index in [1.807, 2.05) is 0 Å². The van der Waals surface area contributed by atoms with E-state index in [-0.39, 0.29) is 17.2 Å². The maximum atomic E-state index is 12.6. The van der Waals surface area contributed by atoms with E-state index < -0.39 is 12.1 Å². The number of nitrogens with zero attached hydrogens (tertiary/aromatic N) is 3. The lowest BCUT2D eigenvalue weighted by molar-refractivity contribution is -0.138. The Balaban J connectivity index is 1.90. The summed E-state index contributed by atoms with van der Waals surface area (Å²) in [5.74, 6) is -0.891. The smallest absolute Gasteiger partial charge is 0.360 e. The van der Waals surface area contributed by atoms with Gasteiger partial charge in [-0.1, -0.05) is 18.2 Å². The predicted molar refractivity (Wildman–Crippen MR) is 92.4 cm³/mol. The minimum Gasteiger partial charge on any atom is -0.448 e. The number of fused-ring (bicyclic) bond motifs is 1. The van der Waals surface area contributed by atoms with Crippen molar-refractivity contribution in [2.24, 2.45) is 0 Å². The van der Waals surface area contributed by atoms with Crippen molar-refractivity contribution >= 4 is 22.6 Å². The number of rotatable bonds is 4. The number of amides is 1. The van der Waals surface area contributed by atoms with Crippen molar-refractivity contribution < 1.29 is 14.3 Å². The number of hydrogen-bond donors (Lipinski definition) is 0. The molecule has 0 N–H and O–H groups in total. The van der Waals surface area contributed by atoms with Crippen LogP contribution in [0.15, 0.2) is 29.1 Å². The summed E-state index contributed by atoms with van der Waals surface area (Å²) in [5.41, 5.74) is -0.200. The van der Waals surface area contributed by atoms with Gasteiger partial charge in [-0.3, -0.25) is 9.59 Å². The Bertz CT molecular complexity index is 868. The van der Waals surface area contributed by atoms with E-state index in [0.29, 0.717) is 30.4 Å². The van der Waals surface area contributed by atoms with Crippen LogP contribution in [-0.4, -0.2) is 45.8 Å². The lowest BCUT2D eigenvalue weighted by Gasteiger charge is -2.20. The van der Waals surface area contributed by atoms with E-state index >= 15 is 0 Å². The molecule has 2 aromatic rings. The topological polar surface area (TPSA) is 81.5 Å². The fraction of sp³-hybridized carbons (Fsp3) is 0.444. The zero-order valence-electron chi connectivity index (χ0n) is 14.4. The SMILES string of the molecule is CCn1nc(C(=O)O[C@@H](C)C(=O)N2CCCC2)c2ccccc2c1=O. The average Bonchev–Trinajstić information content (AvgIpc) is 3.16. The molecule has 7 heteroatoms. The number of aromatic nitrogens is 2. The number of benzene rings is 1. The zero-order valence-corrected chi connectivity index (χ0v) is 14.4. The summed E-state index contributed by atoms with van der Waals surface area (Å²) in [5, 5.41) is 4.97. The Morgan fingerprint density at radius 3 is 2.48 bits per heavy atom. The molecule has 132 valence electrons. The number of ether oxygens (including phenoxy) is 1. The number of likely N-dealkylation sites (tertiary alicyclic amines) is 1. The number of esters is 1. The Morgan fingerprint density at radius 2 is 1.84 bits per heavy atom. The first-order valence-electron chi connectivity index (χ1n) is 8.52. The standard InChI is InChI=1S/C18H21N3O4/c1-3-21-17(23)14-9-5-4-8-13(14)15(19-21)18(24)25-12(2)16(22)20-10-6-7-11-20/h4-5,8-9,12H,3,6-7,10-11H2,1-2H3/t12-/m0/s1. The van der Waals surface area contributed by atoms with E-state index in [0.717, 1.165) is 12.8 Å². The first-order valence-corrected chi connectivity index (χ1v) is 8.52. The van der Waals surface area contributed by atoms with Crippen molar-refractivity contribution in [2.75, 3.05) is 13.1 Å². The van der Waals surface area contributed by atoms with Crippen LogP contribution in [0.25, 0.3) is 10.8 Å². The molecule has 1 amide bonds. The van der Waals surface area contributed by atoms with Crippen molar-refractivity contribution in [3.63, 3.8) is 0 Å². The number of carbonyl (C=O) groups excluding carboxylic acids is 2. The monoisotopic (exact) mass is 343 g/mol. The molecule has 0 aliphatic carbocycles. The molecular weight excluding hydrogens is 322 g/mol. The van der Waals surface area contributed by atoms with Gasteiger partial charge >= 0.3 is 5.97 Å². The highest BCUT2D eigenvalue weighted by molar-refractivity contribution is 6.02. The Hall–Kier alpha value is -2.70. The second kappa shape index (κ2) is 7.04. The third kappa shape index (κ3) is 3.26. The maximum Gasteiger partial charge on any atom is 0.360 e. The summed E-state index contributed by atoms with van der Waals surface area (Å²) < 4.78 is 6.58. The highest BCUT2D eigenvalue weighted by Gasteiger charge is 2.27. The quantitative estimate of drug-likeness (QED) is 0.788. The number of hydrogen-bond acceptors (Lipinski definition) is 5. The van der Waals surface area contributed by atoms with Crippen LogP contribution < -0.4 is 5.56 Å². The van der Waals surface area contributed by atoms with Crippen LogP contribution in [0.2, 0.25) is 0 Å². The normalized spacial score (nSPS) is 15.4. The van der Waals surface area contributed by atoms with Crippen molar-refractivity contribution in [3.8, 4) is 0 Å². The third-order valence-corrected chi connectivity index (χ3v) is 4.41. The zero-order chi connectivity index (χ0) is 18.0. The minimum atomic E-state index is -0.881. The molecule has 1 aromatic heterocycles. The van der Waals surface area contributed by atoms with Crippen LogP contribution in [0, 0.1) is 0 Å². The van der Waals surface area contributed by atoms with Crippen molar-refractivity contribution in [1.29, 1.82) is 0 Å². The molecule has 0 unspecified atom stereocenters. The lowest BCUT2D eigenvalue weighted by atomic mass is 10.1. The molecule has 0 radical (unpaired) electrons. The Labute approximate surface area is 145 Å². The summed E-state index contributed by atoms with van der Waals surface area (Å²) in [6.07, 6.45) is 1.06. The molecule has 2 heterocycles. The van der Waals surface area contributed by atoms with Crippen LogP contribution in [0.5, 0.6) is 0 Å². The minimum absolute atomic E-state index is 0.0538. The molecule has 1 aliphatic rings. The summed E-state index contributed by atoms with van der Waals surface area (Å²) in [6.45, 7) is 5.08. The van der Waals surface area contributed by atoms with Gasteiger partial charge in [-0.05, 0) is 32.8 Å². The molecule has 0 saturated carbocycles. The molecule has 0 spiro atoms. The van der Waals surface area contributed by atoms with Crippen LogP contribution in [0.1, 0.15) is 37.2 Å². The van der Waals surface area contributed by atoms with Crippen LogP contribution in [-0.2, 0) is 16.1 Å². The predicted octanol–water partition coefficient (Wildman–Crippen LogP) is 1.58. The molecule has 3 rings (SSSR count). The molecule has 1 fully saturated rings. The molecule has 1 atom stereocenters. The number of carbonyl (C=O) groups is 2.